The number of hydrogen-bond acceptors (Lipinski definition) is 7. The molecule has 0 unspecified atom stereocenters. The lowest BCUT2D eigenvalue weighted by Gasteiger charge is -2.16. The van der Waals surface area contributed by atoms with Crippen LogP contribution in [-0.4, -0.2) is 59.2 Å². The first-order valence-electron chi connectivity index (χ1n) is 6.47. The van der Waals surface area contributed by atoms with Crippen LogP contribution in [0.3, 0.4) is 0 Å². The summed E-state index contributed by atoms with van der Waals surface area (Å²) in [4.78, 5) is 31.0. The molecule has 0 aliphatic rings. The molecule has 5 N–H and O–H groups in total. The fraction of sp³-hybridized carbons (Fsp3) is 0. The molecule has 0 radical (unpaired) electrons. The summed E-state index contributed by atoms with van der Waals surface area (Å²) in [6.45, 7) is 0. The van der Waals surface area contributed by atoms with Crippen molar-refractivity contribution >= 4 is 48.9 Å². The lowest BCUT2D eigenvalue weighted by atomic mass is 9.94. The largest absolute Gasteiger partial charge is 0.478 e. The van der Waals surface area contributed by atoms with E-state index in [4.69, 9.17) is 0 Å². The van der Waals surface area contributed by atoms with E-state index in [0.717, 1.165) is 18.2 Å². The molecule has 0 aliphatic carbocycles. The molecule has 2 aromatic rings. The van der Waals surface area contributed by atoms with Gasteiger partial charge in [0.1, 0.15) is 9.79 Å². The van der Waals surface area contributed by atoms with Crippen molar-refractivity contribution in [1.82, 2.24) is 0 Å². The minimum Gasteiger partial charge on any atom is -0.478 e. The molecule has 0 spiro atoms. The summed E-state index contributed by atoms with van der Waals surface area (Å²) in [5.41, 5.74) is -3.99. The molecule has 0 atom stereocenters. The second kappa shape index (κ2) is 6.27. The van der Waals surface area contributed by atoms with Crippen LogP contribution in [-0.2, 0) is 20.2 Å². The highest BCUT2D eigenvalue weighted by atomic mass is 32.2. The molecule has 0 aliphatic heterocycles. The Bertz CT molecular complexity index is 1240. The molecule has 0 heterocycles. The summed E-state index contributed by atoms with van der Waals surface area (Å²) in [6.07, 6.45) is 0. The smallest absolute Gasteiger partial charge is 0.338 e. The maximum Gasteiger partial charge on any atom is 0.338 e. The van der Waals surface area contributed by atoms with Crippen molar-refractivity contribution in [2.24, 2.45) is 0 Å². The van der Waals surface area contributed by atoms with E-state index >= 15 is 0 Å². The van der Waals surface area contributed by atoms with Crippen LogP contribution < -0.4 is 0 Å². The molecule has 2 aromatic carbocycles. The molecule has 27 heavy (non-hydrogen) atoms. The van der Waals surface area contributed by atoms with Gasteiger partial charge in [0.2, 0.25) is 0 Å². The Hall–Kier alpha value is -3.07. The minimum absolute atomic E-state index is 0.748. The van der Waals surface area contributed by atoms with E-state index in [2.05, 4.69) is 0 Å². The predicted octanol–water partition coefficient (Wildman–Crippen LogP) is 0.428. The molecule has 144 valence electrons. The number of aromatic carboxylic acids is 3. The molecule has 0 saturated heterocycles. The Morgan fingerprint density at radius 3 is 1.56 bits per heavy atom. The Labute approximate surface area is 149 Å². The number of carboxylic acids is 3. The van der Waals surface area contributed by atoms with Gasteiger partial charge in [0, 0.05) is 10.8 Å². The van der Waals surface area contributed by atoms with Gasteiger partial charge < -0.3 is 15.3 Å². The van der Waals surface area contributed by atoms with E-state index in [1.54, 1.807) is 0 Å². The average Bonchev–Trinajstić information content (AvgIpc) is 2.49. The van der Waals surface area contributed by atoms with Crippen molar-refractivity contribution < 1.29 is 55.6 Å². The van der Waals surface area contributed by atoms with Crippen LogP contribution in [0.1, 0.15) is 31.1 Å². The summed E-state index contributed by atoms with van der Waals surface area (Å²) >= 11 is 0. The van der Waals surface area contributed by atoms with Gasteiger partial charge in [0.05, 0.1) is 16.7 Å². The van der Waals surface area contributed by atoms with Crippen LogP contribution in [0, 0.1) is 0 Å². The fourth-order valence-corrected chi connectivity index (χ4v) is 4.79. The first-order chi connectivity index (χ1) is 12.2. The summed E-state index contributed by atoms with van der Waals surface area (Å²) in [7, 11) is -11.3. The molecule has 14 heteroatoms. The average molecular weight is 420 g/mol. The van der Waals surface area contributed by atoms with Crippen LogP contribution in [0.25, 0.3) is 10.8 Å². The summed E-state index contributed by atoms with van der Waals surface area (Å²) in [5, 5.41) is 26.0. The highest BCUT2D eigenvalue weighted by molar-refractivity contribution is 7.89. The summed E-state index contributed by atoms with van der Waals surface area (Å²) in [5.74, 6) is -6.20. The molecule has 2 rings (SSSR count). The topological polar surface area (TPSA) is 221 Å². The van der Waals surface area contributed by atoms with Crippen molar-refractivity contribution in [2.75, 3.05) is 0 Å². The van der Waals surface area contributed by atoms with Gasteiger partial charge in [-0.15, -0.1) is 0 Å². The normalized spacial score (nSPS) is 12.1. The van der Waals surface area contributed by atoms with Gasteiger partial charge in [0.15, 0.2) is 0 Å². The molecule has 12 nitrogen and oxygen atoms in total. The number of carboxylic acid groups (broad SMARTS) is 3. The van der Waals surface area contributed by atoms with Gasteiger partial charge in [0.25, 0.3) is 20.2 Å². The van der Waals surface area contributed by atoms with Crippen LogP contribution in [0.15, 0.2) is 28.0 Å². The monoisotopic (exact) mass is 420 g/mol. The van der Waals surface area contributed by atoms with E-state index in [1.165, 1.54) is 0 Å². The SMILES string of the molecule is O=C(O)c1c(S(=O)(=O)O)c(S(=O)(=O)O)c2cccc(C(=O)O)c2c1C(=O)O. The number of benzene rings is 2. The molecular formula is C13H8O12S2. The standard InChI is InChI=1S/C13H8O12S2/c14-11(15)5-3-1-2-4-6(5)7(12(16)17)8(13(18)19)10(27(23,24)25)9(4)26(20,21)22/h1-3H,(H,14,15)(H,16,17)(H,18,19)(H,20,21,22)(H,23,24,25). The maximum atomic E-state index is 11.7. The minimum atomic E-state index is -5.70. The zero-order chi connectivity index (χ0) is 20.9. The van der Waals surface area contributed by atoms with Gasteiger partial charge in [-0.1, -0.05) is 12.1 Å². The van der Waals surface area contributed by atoms with Crippen LogP contribution >= 0.6 is 0 Å². The van der Waals surface area contributed by atoms with Crippen molar-refractivity contribution in [2.45, 2.75) is 9.79 Å². The van der Waals surface area contributed by atoms with E-state index < -0.39 is 75.4 Å². The second-order valence-electron chi connectivity index (χ2n) is 5.00. The van der Waals surface area contributed by atoms with Gasteiger partial charge in [-0.25, -0.2) is 14.4 Å². The molecule has 0 aromatic heterocycles. The maximum absolute atomic E-state index is 11.7. The van der Waals surface area contributed by atoms with Crippen molar-refractivity contribution in [3.8, 4) is 0 Å². The van der Waals surface area contributed by atoms with E-state index in [9.17, 15) is 55.6 Å². The number of hydrogen-bond donors (Lipinski definition) is 5. The summed E-state index contributed by atoms with van der Waals surface area (Å²) in [6, 6.07) is 2.46. The van der Waals surface area contributed by atoms with Gasteiger partial charge in [-0.05, 0) is 6.07 Å². The van der Waals surface area contributed by atoms with Crippen LogP contribution in [0.4, 0.5) is 0 Å². The zero-order valence-electron chi connectivity index (χ0n) is 12.6. The van der Waals surface area contributed by atoms with Gasteiger partial charge >= 0.3 is 17.9 Å². The van der Waals surface area contributed by atoms with E-state index in [1.807, 2.05) is 0 Å². The van der Waals surface area contributed by atoms with Gasteiger partial charge in [-0.3, -0.25) is 9.11 Å². The third-order valence-electron chi connectivity index (χ3n) is 3.42. The molecule has 0 amide bonds. The lowest BCUT2D eigenvalue weighted by molar-refractivity contribution is 0.0648. The Morgan fingerprint density at radius 1 is 0.704 bits per heavy atom. The molecule has 0 fully saturated rings. The van der Waals surface area contributed by atoms with Crippen molar-refractivity contribution in [3.05, 3.63) is 34.9 Å². The van der Waals surface area contributed by atoms with Gasteiger partial charge in [-0.2, -0.15) is 16.8 Å². The lowest BCUT2D eigenvalue weighted by Crippen LogP contribution is -2.20. The summed E-state index contributed by atoms with van der Waals surface area (Å²) < 4.78 is 65.6. The predicted molar refractivity (Wildman–Crippen MR) is 84.5 cm³/mol. The fourth-order valence-electron chi connectivity index (χ4n) is 2.58. The molecule has 0 bridgehead atoms. The van der Waals surface area contributed by atoms with Crippen LogP contribution in [0.5, 0.6) is 0 Å². The number of carbonyl (C=O) groups is 3. The Kier molecular flexibility index (Phi) is 4.70. The first kappa shape index (κ1) is 20.2. The highest BCUT2D eigenvalue weighted by Crippen LogP contribution is 2.38. The highest BCUT2D eigenvalue weighted by Gasteiger charge is 2.38. The Balaban J connectivity index is 3.55. The first-order valence-corrected chi connectivity index (χ1v) is 9.35. The second-order valence-corrected chi connectivity index (χ2v) is 7.72. The van der Waals surface area contributed by atoms with Crippen LogP contribution in [0.2, 0.25) is 0 Å². The quantitative estimate of drug-likeness (QED) is 0.415. The number of rotatable bonds is 5. The van der Waals surface area contributed by atoms with Crippen molar-refractivity contribution in [3.63, 3.8) is 0 Å². The van der Waals surface area contributed by atoms with E-state index in [-0.39, 0.29) is 0 Å². The number of fused-ring (bicyclic) bond motifs is 1. The zero-order valence-corrected chi connectivity index (χ0v) is 14.3. The van der Waals surface area contributed by atoms with Crippen molar-refractivity contribution in [1.29, 1.82) is 0 Å². The third-order valence-corrected chi connectivity index (χ3v) is 5.41. The van der Waals surface area contributed by atoms with E-state index in [0.29, 0.717) is 0 Å². The third kappa shape index (κ3) is 3.33. The molecular weight excluding hydrogens is 412 g/mol. The Morgan fingerprint density at radius 2 is 1.19 bits per heavy atom. The molecule has 0 saturated carbocycles.